The van der Waals surface area contributed by atoms with Crippen LogP contribution in [0.1, 0.15) is 23.5 Å². The van der Waals surface area contributed by atoms with Crippen LogP contribution in [0.5, 0.6) is 5.75 Å². The second kappa shape index (κ2) is 4.94. The summed E-state index contributed by atoms with van der Waals surface area (Å²) in [5.41, 5.74) is 0. The van der Waals surface area contributed by atoms with Crippen LogP contribution in [0, 0.1) is 5.92 Å². The van der Waals surface area contributed by atoms with Gasteiger partial charge in [-0.15, -0.1) is 0 Å². The molecule has 3 aliphatic heterocycles. The van der Waals surface area contributed by atoms with Gasteiger partial charge in [-0.1, -0.05) is 11.6 Å². The van der Waals surface area contributed by atoms with E-state index in [9.17, 15) is 9.90 Å². The van der Waals surface area contributed by atoms with E-state index in [1.54, 1.807) is 0 Å². The van der Waals surface area contributed by atoms with Gasteiger partial charge in [-0.25, -0.2) is 9.97 Å². The number of piperidine rings is 3. The first kappa shape index (κ1) is 12.6. The zero-order chi connectivity index (χ0) is 13.4. The van der Waals surface area contributed by atoms with Crippen LogP contribution in [0.2, 0.25) is 5.15 Å². The summed E-state index contributed by atoms with van der Waals surface area (Å²) in [5, 5.41) is 12.1. The number of amides is 1. The Balaban J connectivity index is 1.69. The first-order chi connectivity index (χ1) is 9.13. The lowest BCUT2D eigenvalue weighted by Gasteiger charge is -2.44. The molecule has 6 nitrogen and oxygen atoms in total. The number of aromatic hydroxyl groups is 1. The summed E-state index contributed by atoms with van der Waals surface area (Å²) >= 11 is 5.67. The lowest BCUT2D eigenvalue weighted by Crippen LogP contribution is -2.57. The Labute approximate surface area is 115 Å². The molecule has 4 heterocycles. The molecule has 1 aromatic rings. The van der Waals surface area contributed by atoms with Crippen molar-refractivity contribution in [1.29, 1.82) is 0 Å². The summed E-state index contributed by atoms with van der Waals surface area (Å²) in [7, 11) is 0. The van der Waals surface area contributed by atoms with Crippen LogP contribution in [-0.4, -0.2) is 51.6 Å². The highest BCUT2D eigenvalue weighted by molar-refractivity contribution is 6.30. The van der Waals surface area contributed by atoms with Crippen molar-refractivity contribution < 1.29 is 9.90 Å². The highest BCUT2D eigenvalue weighted by atomic mass is 35.5. The first-order valence-electron chi connectivity index (χ1n) is 6.38. The van der Waals surface area contributed by atoms with Gasteiger partial charge in [0, 0.05) is 12.6 Å². The molecular formula is C12H15ClN4O2. The second-order valence-electron chi connectivity index (χ2n) is 5.09. The van der Waals surface area contributed by atoms with Crippen LogP contribution < -0.4 is 5.32 Å². The molecule has 1 atom stereocenters. The SMILES string of the molecule is O=C(NC1CN2CCC1CC2)c1ncc(O)c(Cl)n1. The van der Waals surface area contributed by atoms with E-state index in [0.29, 0.717) is 5.92 Å². The number of carbonyl (C=O) groups is 1. The molecule has 3 fully saturated rings. The maximum Gasteiger partial charge on any atom is 0.289 e. The number of aromatic nitrogens is 2. The topological polar surface area (TPSA) is 78.4 Å². The van der Waals surface area contributed by atoms with Crippen molar-refractivity contribution in [2.24, 2.45) is 5.92 Å². The van der Waals surface area contributed by atoms with E-state index in [1.807, 2.05) is 0 Å². The lowest BCUT2D eigenvalue weighted by molar-refractivity contribution is 0.0614. The Morgan fingerprint density at radius 1 is 1.47 bits per heavy atom. The minimum Gasteiger partial charge on any atom is -0.504 e. The average Bonchev–Trinajstić information content (AvgIpc) is 2.43. The van der Waals surface area contributed by atoms with Gasteiger partial charge in [-0.3, -0.25) is 4.79 Å². The van der Waals surface area contributed by atoms with Crippen LogP contribution in [0.3, 0.4) is 0 Å². The average molecular weight is 283 g/mol. The monoisotopic (exact) mass is 282 g/mol. The fourth-order valence-electron chi connectivity index (χ4n) is 2.83. The number of rotatable bonds is 2. The molecule has 0 saturated carbocycles. The molecule has 1 amide bonds. The standard InChI is InChI=1S/C12H15ClN4O2/c13-10-9(18)5-14-11(16-10)12(19)15-8-6-17-3-1-7(8)2-4-17/h5,7-8,18H,1-4,6H2,(H,15,19). The molecule has 19 heavy (non-hydrogen) atoms. The molecule has 0 aromatic carbocycles. The zero-order valence-electron chi connectivity index (χ0n) is 10.3. The highest BCUT2D eigenvalue weighted by Crippen LogP contribution is 2.27. The number of carbonyl (C=O) groups excluding carboxylic acids is 1. The van der Waals surface area contributed by atoms with Gasteiger partial charge in [-0.2, -0.15) is 0 Å². The smallest absolute Gasteiger partial charge is 0.289 e. The molecule has 0 aliphatic carbocycles. The van der Waals surface area contributed by atoms with E-state index in [1.165, 1.54) is 0 Å². The van der Waals surface area contributed by atoms with Crippen molar-refractivity contribution in [1.82, 2.24) is 20.2 Å². The number of fused-ring (bicyclic) bond motifs is 3. The minimum absolute atomic E-state index is 0.000697. The molecule has 2 bridgehead atoms. The predicted octanol–water partition coefficient (Wildman–Crippen LogP) is 0.660. The molecule has 0 spiro atoms. The van der Waals surface area contributed by atoms with E-state index in [4.69, 9.17) is 11.6 Å². The van der Waals surface area contributed by atoms with E-state index >= 15 is 0 Å². The van der Waals surface area contributed by atoms with Crippen molar-refractivity contribution in [3.8, 4) is 5.75 Å². The van der Waals surface area contributed by atoms with Crippen molar-refractivity contribution >= 4 is 17.5 Å². The van der Waals surface area contributed by atoms with Gasteiger partial charge >= 0.3 is 0 Å². The zero-order valence-corrected chi connectivity index (χ0v) is 11.1. The third-order valence-electron chi connectivity index (χ3n) is 3.90. The van der Waals surface area contributed by atoms with Crippen LogP contribution in [0.25, 0.3) is 0 Å². The first-order valence-corrected chi connectivity index (χ1v) is 6.76. The summed E-state index contributed by atoms with van der Waals surface area (Å²) in [6, 6.07) is 0.158. The molecule has 3 aliphatic rings. The van der Waals surface area contributed by atoms with Gasteiger partial charge in [0.15, 0.2) is 10.9 Å². The summed E-state index contributed by atoms with van der Waals surface area (Å²) in [5.74, 6) is -0.0116. The van der Waals surface area contributed by atoms with E-state index < -0.39 is 0 Å². The van der Waals surface area contributed by atoms with E-state index in [-0.39, 0.29) is 28.7 Å². The molecule has 2 N–H and O–H groups in total. The second-order valence-corrected chi connectivity index (χ2v) is 5.45. The fourth-order valence-corrected chi connectivity index (χ4v) is 2.95. The van der Waals surface area contributed by atoms with Gasteiger partial charge in [0.25, 0.3) is 5.91 Å². The Kier molecular flexibility index (Phi) is 3.28. The third-order valence-corrected chi connectivity index (χ3v) is 4.18. The van der Waals surface area contributed by atoms with E-state index in [0.717, 1.165) is 38.7 Å². The number of hydrogen-bond acceptors (Lipinski definition) is 5. The molecule has 1 unspecified atom stereocenters. The van der Waals surface area contributed by atoms with Crippen LogP contribution in [0.15, 0.2) is 6.20 Å². The lowest BCUT2D eigenvalue weighted by atomic mass is 9.84. The number of halogens is 1. The van der Waals surface area contributed by atoms with Gasteiger partial charge in [-0.05, 0) is 31.8 Å². The Hall–Kier alpha value is -1.40. The van der Waals surface area contributed by atoms with Gasteiger partial charge < -0.3 is 15.3 Å². The summed E-state index contributed by atoms with van der Waals surface area (Å²) in [6.45, 7) is 3.14. The maximum atomic E-state index is 12.1. The van der Waals surface area contributed by atoms with Crippen molar-refractivity contribution in [3.05, 3.63) is 17.2 Å². The maximum absolute atomic E-state index is 12.1. The van der Waals surface area contributed by atoms with Crippen LogP contribution >= 0.6 is 11.6 Å². The Morgan fingerprint density at radius 2 is 2.21 bits per heavy atom. The third kappa shape index (κ3) is 2.50. The molecule has 3 saturated heterocycles. The van der Waals surface area contributed by atoms with Crippen molar-refractivity contribution in [2.45, 2.75) is 18.9 Å². The fraction of sp³-hybridized carbons (Fsp3) is 0.583. The van der Waals surface area contributed by atoms with E-state index in [2.05, 4.69) is 20.2 Å². The van der Waals surface area contributed by atoms with Crippen molar-refractivity contribution in [3.63, 3.8) is 0 Å². The Morgan fingerprint density at radius 3 is 2.79 bits per heavy atom. The minimum atomic E-state index is -0.333. The number of nitrogens with zero attached hydrogens (tertiary/aromatic N) is 3. The van der Waals surface area contributed by atoms with Crippen LogP contribution in [-0.2, 0) is 0 Å². The van der Waals surface area contributed by atoms with Crippen molar-refractivity contribution in [2.75, 3.05) is 19.6 Å². The predicted molar refractivity (Wildman–Crippen MR) is 69.1 cm³/mol. The summed E-state index contributed by atoms with van der Waals surface area (Å²) in [6.07, 6.45) is 3.39. The van der Waals surface area contributed by atoms with Gasteiger partial charge in [0.2, 0.25) is 5.82 Å². The van der Waals surface area contributed by atoms with Gasteiger partial charge in [0.1, 0.15) is 0 Å². The quantitative estimate of drug-likeness (QED) is 0.779. The number of hydrogen-bond donors (Lipinski definition) is 2. The number of nitrogens with one attached hydrogen (secondary N) is 1. The molecule has 102 valence electrons. The molecular weight excluding hydrogens is 268 g/mol. The summed E-state index contributed by atoms with van der Waals surface area (Å²) in [4.78, 5) is 22.0. The molecule has 1 aromatic heterocycles. The Bertz CT molecular complexity index is 503. The van der Waals surface area contributed by atoms with Gasteiger partial charge in [0.05, 0.1) is 6.20 Å². The normalized spacial score (nSPS) is 29.2. The van der Waals surface area contributed by atoms with Crippen LogP contribution in [0.4, 0.5) is 0 Å². The highest BCUT2D eigenvalue weighted by Gasteiger charge is 2.35. The largest absolute Gasteiger partial charge is 0.504 e. The molecule has 0 radical (unpaired) electrons. The summed E-state index contributed by atoms with van der Waals surface area (Å²) < 4.78 is 0. The molecule has 4 rings (SSSR count). The molecule has 7 heteroatoms.